The molecule has 0 radical (unpaired) electrons. The minimum Gasteiger partial charge on any atom is -0.494 e. The summed E-state index contributed by atoms with van der Waals surface area (Å²) in [7, 11) is 0. The van der Waals surface area contributed by atoms with Crippen LogP contribution in [0.25, 0.3) is 10.9 Å². The molecule has 5 nitrogen and oxygen atoms in total. The van der Waals surface area contributed by atoms with E-state index in [9.17, 15) is 4.79 Å². The number of rotatable bonds is 9. The molecule has 0 spiro atoms. The highest BCUT2D eigenvalue weighted by Crippen LogP contribution is 2.24. The van der Waals surface area contributed by atoms with Crippen LogP contribution in [0, 0.1) is 5.92 Å². The topological polar surface area (TPSA) is 54.7 Å². The van der Waals surface area contributed by atoms with Crippen LogP contribution in [0.15, 0.2) is 48.7 Å². The Kier molecular flexibility index (Phi) is 6.52. The van der Waals surface area contributed by atoms with Crippen molar-refractivity contribution >= 4 is 40.1 Å². The number of halogens is 2. The van der Waals surface area contributed by atoms with Gasteiger partial charge in [0.2, 0.25) is 0 Å². The van der Waals surface area contributed by atoms with Crippen molar-refractivity contribution in [3.63, 3.8) is 0 Å². The second-order valence-electron chi connectivity index (χ2n) is 7.71. The second-order valence-corrected chi connectivity index (χ2v) is 8.56. The van der Waals surface area contributed by atoms with Crippen LogP contribution in [0.3, 0.4) is 0 Å². The first kappa shape index (κ1) is 21.0. The Bertz CT molecular complexity index is 1040. The molecule has 4 rings (SSSR count). The van der Waals surface area contributed by atoms with Gasteiger partial charge in [0.15, 0.2) is 0 Å². The van der Waals surface area contributed by atoms with E-state index in [1.165, 1.54) is 0 Å². The van der Waals surface area contributed by atoms with Crippen LogP contribution in [0.5, 0.6) is 5.75 Å². The van der Waals surface area contributed by atoms with Crippen LogP contribution < -0.4 is 4.74 Å². The first-order chi connectivity index (χ1) is 14.5. The lowest BCUT2D eigenvalue weighted by molar-refractivity contribution is -0.147. The lowest BCUT2D eigenvalue weighted by Gasteiger charge is -2.36. The van der Waals surface area contributed by atoms with Crippen molar-refractivity contribution in [2.45, 2.75) is 19.4 Å². The van der Waals surface area contributed by atoms with Crippen LogP contribution in [-0.4, -0.2) is 46.8 Å². The van der Waals surface area contributed by atoms with E-state index >= 15 is 0 Å². The molecule has 1 aliphatic rings. The zero-order valence-corrected chi connectivity index (χ0v) is 18.1. The summed E-state index contributed by atoms with van der Waals surface area (Å²) in [5.41, 5.74) is 2.24. The molecule has 1 aliphatic heterocycles. The highest BCUT2D eigenvalue weighted by atomic mass is 35.5. The number of likely N-dealkylation sites (tertiary alicyclic amines) is 1. The fraction of sp³-hybridized carbons (Fsp3) is 0.348. The maximum atomic E-state index is 10.9. The highest BCUT2D eigenvalue weighted by molar-refractivity contribution is 6.35. The number of carboxylic acid groups (broad SMARTS) is 1. The average Bonchev–Trinajstić information content (AvgIpc) is 3.07. The van der Waals surface area contributed by atoms with Gasteiger partial charge in [-0.05, 0) is 54.8 Å². The maximum Gasteiger partial charge on any atom is 0.309 e. The lowest BCUT2D eigenvalue weighted by atomic mass is 10.0. The van der Waals surface area contributed by atoms with E-state index in [1.54, 1.807) is 6.07 Å². The van der Waals surface area contributed by atoms with E-state index in [-0.39, 0.29) is 5.92 Å². The number of nitrogens with zero attached hydrogens (tertiary/aromatic N) is 2. The van der Waals surface area contributed by atoms with Crippen molar-refractivity contribution in [3.05, 3.63) is 64.3 Å². The van der Waals surface area contributed by atoms with Gasteiger partial charge in [-0.15, -0.1) is 0 Å². The molecule has 0 unspecified atom stereocenters. The van der Waals surface area contributed by atoms with Crippen molar-refractivity contribution < 1.29 is 14.6 Å². The minimum absolute atomic E-state index is 0.207. The predicted octanol–water partition coefficient (Wildman–Crippen LogP) is 4.98. The minimum atomic E-state index is -0.693. The molecule has 0 amide bonds. The smallest absolute Gasteiger partial charge is 0.309 e. The molecular weight excluding hydrogens is 423 g/mol. The molecule has 30 heavy (non-hydrogen) atoms. The van der Waals surface area contributed by atoms with Crippen molar-refractivity contribution in [3.8, 4) is 5.75 Å². The Morgan fingerprint density at radius 2 is 1.93 bits per heavy atom. The van der Waals surface area contributed by atoms with Crippen molar-refractivity contribution in [1.82, 2.24) is 9.47 Å². The van der Waals surface area contributed by atoms with Crippen LogP contribution in [-0.2, 0) is 17.8 Å². The zero-order chi connectivity index (χ0) is 21.1. The highest BCUT2D eigenvalue weighted by Gasteiger charge is 2.31. The number of aromatic nitrogens is 1. The van der Waals surface area contributed by atoms with Crippen LogP contribution in [0.1, 0.15) is 12.0 Å². The van der Waals surface area contributed by atoms with Gasteiger partial charge in [0.25, 0.3) is 0 Å². The monoisotopic (exact) mass is 446 g/mol. The predicted molar refractivity (Wildman–Crippen MR) is 120 cm³/mol. The zero-order valence-electron chi connectivity index (χ0n) is 16.6. The largest absolute Gasteiger partial charge is 0.494 e. The number of benzene rings is 2. The van der Waals surface area contributed by atoms with E-state index in [2.05, 4.69) is 33.9 Å². The number of hydrogen-bond donors (Lipinski definition) is 1. The van der Waals surface area contributed by atoms with Gasteiger partial charge in [-0.2, -0.15) is 0 Å². The summed E-state index contributed by atoms with van der Waals surface area (Å²) in [4.78, 5) is 13.1. The van der Waals surface area contributed by atoms with Gasteiger partial charge < -0.3 is 14.4 Å². The number of carboxylic acids is 1. The lowest BCUT2D eigenvalue weighted by Crippen LogP contribution is -2.51. The summed E-state index contributed by atoms with van der Waals surface area (Å²) in [6.45, 7) is 3.61. The molecule has 1 N–H and O–H groups in total. The fourth-order valence-corrected chi connectivity index (χ4v) is 4.30. The van der Waals surface area contributed by atoms with Gasteiger partial charge in [-0.3, -0.25) is 9.69 Å². The van der Waals surface area contributed by atoms with Crippen molar-refractivity contribution in [1.29, 1.82) is 0 Å². The Labute approximate surface area is 185 Å². The van der Waals surface area contributed by atoms with Gasteiger partial charge >= 0.3 is 5.97 Å². The number of fused-ring (bicyclic) bond motifs is 1. The third-order valence-electron chi connectivity index (χ3n) is 5.58. The summed E-state index contributed by atoms with van der Waals surface area (Å²) in [6, 6.07) is 13.8. The summed E-state index contributed by atoms with van der Waals surface area (Å²) < 4.78 is 8.13. The summed E-state index contributed by atoms with van der Waals surface area (Å²) in [6.07, 6.45) is 3.78. The molecule has 1 saturated heterocycles. The maximum absolute atomic E-state index is 10.9. The molecule has 0 atom stereocenters. The molecule has 0 bridgehead atoms. The quantitative estimate of drug-likeness (QED) is 0.471. The van der Waals surface area contributed by atoms with Gasteiger partial charge in [0.1, 0.15) is 5.75 Å². The Hall–Kier alpha value is -2.21. The van der Waals surface area contributed by atoms with Crippen molar-refractivity contribution in [2.75, 3.05) is 26.2 Å². The SMILES string of the molecule is O=C(O)C1CN(CCn2ccc3cc(OCCCc4ccc(Cl)cc4Cl)ccc32)C1. The normalized spacial score (nSPS) is 14.7. The average molecular weight is 447 g/mol. The van der Waals surface area contributed by atoms with E-state index in [0.29, 0.717) is 29.7 Å². The molecular formula is C23H24Cl2N2O3. The first-order valence-electron chi connectivity index (χ1n) is 10.1. The molecule has 1 fully saturated rings. The third-order valence-corrected chi connectivity index (χ3v) is 6.17. The van der Waals surface area contributed by atoms with E-state index in [1.807, 2.05) is 18.2 Å². The van der Waals surface area contributed by atoms with Gasteiger partial charge in [0.05, 0.1) is 12.5 Å². The van der Waals surface area contributed by atoms with Crippen LogP contribution in [0.4, 0.5) is 0 Å². The first-order valence-corrected chi connectivity index (χ1v) is 10.9. The van der Waals surface area contributed by atoms with E-state index in [0.717, 1.165) is 48.1 Å². The third kappa shape index (κ3) is 4.91. The number of carbonyl (C=O) groups is 1. The molecule has 2 aromatic carbocycles. The van der Waals surface area contributed by atoms with E-state index < -0.39 is 5.97 Å². The van der Waals surface area contributed by atoms with Crippen molar-refractivity contribution in [2.24, 2.45) is 5.92 Å². The molecule has 158 valence electrons. The Balaban J connectivity index is 1.26. The molecule has 2 heterocycles. The standard InChI is InChI=1S/C23H24Cl2N2O3/c24-19-4-3-16(21(25)13-19)2-1-11-30-20-5-6-22-17(12-20)7-8-27(22)10-9-26-14-18(15-26)23(28)29/h3-8,12-13,18H,1-2,9-11,14-15H2,(H,28,29). The number of aliphatic carboxylic acids is 1. The van der Waals surface area contributed by atoms with Gasteiger partial charge in [-0.1, -0.05) is 29.3 Å². The molecule has 0 saturated carbocycles. The molecule has 7 heteroatoms. The van der Waals surface area contributed by atoms with Crippen LogP contribution in [0.2, 0.25) is 10.0 Å². The fourth-order valence-electron chi connectivity index (χ4n) is 3.80. The molecule has 0 aliphatic carbocycles. The summed E-state index contributed by atoms with van der Waals surface area (Å²) >= 11 is 12.2. The summed E-state index contributed by atoms with van der Waals surface area (Å²) in [5, 5.41) is 11.5. The second kappa shape index (κ2) is 9.29. The van der Waals surface area contributed by atoms with Crippen LogP contribution >= 0.6 is 23.2 Å². The molecule has 1 aromatic heterocycles. The van der Waals surface area contributed by atoms with Gasteiger partial charge in [0, 0.05) is 53.3 Å². The number of aryl methyl sites for hydroxylation is 1. The van der Waals surface area contributed by atoms with E-state index in [4.69, 9.17) is 33.0 Å². The number of ether oxygens (including phenoxy) is 1. The van der Waals surface area contributed by atoms with Gasteiger partial charge in [-0.25, -0.2) is 0 Å². The molecule has 3 aromatic rings. The Morgan fingerprint density at radius 1 is 1.10 bits per heavy atom. The Morgan fingerprint density at radius 3 is 2.70 bits per heavy atom. The number of hydrogen-bond acceptors (Lipinski definition) is 3. The summed E-state index contributed by atoms with van der Waals surface area (Å²) in [5.74, 6) is -0.0437.